The zero-order valence-corrected chi connectivity index (χ0v) is 17.9. The van der Waals surface area contributed by atoms with E-state index in [0.29, 0.717) is 17.9 Å². The van der Waals surface area contributed by atoms with E-state index >= 15 is 0 Å². The molecule has 6 rings (SSSR count). The Kier molecular flexibility index (Phi) is 5.55. The van der Waals surface area contributed by atoms with Gasteiger partial charge in [-0.3, -0.25) is 4.79 Å². The number of alkyl halides is 1. The summed E-state index contributed by atoms with van der Waals surface area (Å²) in [5.74, 6) is -0.445. The fraction of sp³-hybridized carbons (Fsp3) is 0.542. The number of rotatable bonds is 5. The van der Waals surface area contributed by atoms with Crippen LogP contribution in [0.1, 0.15) is 43.0 Å². The molecule has 1 amide bonds. The van der Waals surface area contributed by atoms with E-state index in [-0.39, 0.29) is 60.6 Å². The van der Waals surface area contributed by atoms with Crippen LogP contribution in [0.2, 0.25) is 0 Å². The molecule has 0 N–H and O–H groups in total. The number of aryl methyl sites for hydroxylation is 1. The smallest absolute Gasteiger partial charge is 0.253 e. The number of likely N-dealkylation sites (tertiary alicyclic amines) is 1. The summed E-state index contributed by atoms with van der Waals surface area (Å²) in [7, 11) is 0. The lowest BCUT2D eigenvalue weighted by Crippen LogP contribution is -2.50. The molecule has 4 aliphatic rings. The number of carbonyl (C=O) groups excluding carboxylic acids is 1. The van der Waals surface area contributed by atoms with Crippen LogP contribution in [0.15, 0.2) is 30.6 Å². The fourth-order valence-electron chi connectivity index (χ4n) is 5.63. The molecule has 1 aliphatic heterocycles. The third-order valence-corrected chi connectivity index (χ3v) is 7.45. The molecule has 2 bridgehead atoms. The largest absolute Gasteiger partial charge is 0.475 e. The Morgan fingerprint density at radius 1 is 1.16 bits per heavy atom. The summed E-state index contributed by atoms with van der Waals surface area (Å²) in [5.41, 5.74) is 0.865. The van der Waals surface area contributed by atoms with E-state index in [1.807, 2.05) is 0 Å². The Morgan fingerprint density at radius 3 is 2.75 bits per heavy atom. The molecule has 5 nitrogen and oxygen atoms in total. The fourth-order valence-corrected chi connectivity index (χ4v) is 5.63. The molecule has 4 fully saturated rings. The third kappa shape index (κ3) is 3.84. The van der Waals surface area contributed by atoms with Crippen molar-refractivity contribution in [3.63, 3.8) is 0 Å². The summed E-state index contributed by atoms with van der Waals surface area (Å²) in [6.45, 7) is 1.88. The Labute approximate surface area is 185 Å². The molecule has 1 aromatic carbocycles. The Balaban J connectivity index is 1.29. The van der Waals surface area contributed by atoms with Crippen LogP contribution in [0.4, 0.5) is 13.2 Å². The molecule has 3 saturated carbocycles. The van der Waals surface area contributed by atoms with Gasteiger partial charge in [0.25, 0.3) is 5.88 Å². The highest BCUT2D eigenvalue weighted by Crippen LogP contribution is 2.53. The number of carbonyl (C=O) groups is 1. The Hall–Kier alpha value is -2.64. The quantitative estimate of drug-likeness (QED) is 0.684. The number of nitrogens with zero attached hydrogens (tertiary/aromatic N) is 3. The summed E-state index contributed by atoms with van der Waals surface area (Å²) in [6.07, 6.45) is 2.82. The second kappa shape index (κ2) is 8.37. The summed E-state index contributed by atoms with van der Waals surface area (Å²) in [6, 6.07) is 5.63. The van der Waals surface area contributed by atoms with Gasteiger partial charge in [-0.15, -0.1) is 0 Å². The molecular formula is C24H26F3N3O2. The van der Waals surface area contributed by atoms with Crippen LogP contribution in [0, 0.1) is 42.2 Å². The van der Waals surface area contributed by atoms with Crippen molar-refractivity contribution in [2.24, 2.45) is 23.7 Å². The van der Waals surface area contributed by atoms with Gasteiger partial charge in [-0.1, -0.05) is 12.1 Å². The average molecular weight is 445 g/mol. The SMILES string of the molecule is Cc1ncnc(OCC2CC(C(=O)N3CC(F)CC3c3cccc(F)c3)C3CC2C3)c1F. The summed E-state index contributed by atoms with van der Waals surface area (Å²) in [4.78, 5) is 22.8. The molecule has 170 valence electrons. The summed E-state index contributed by atoms with van der Waals surface area (Å²) >= 11 is 0. The first kappa shape index (κ1) is 21.2. The maximum atomic E-state index is 14.3. The van der Waals surface area contributed by atoms with E-state index < -0.39 is 18.0 Å². The monoisotopic (exact) mass is 445 g/mol. The molecule has 4 unspecified atom stereocenters. The van der Waals surface area contributed by atoms with Gasteiger partial charge in [0.1, 0.15) is 18.3 Å². The molecule has 4 atom stereocenters. The van der Waals surface area contributed by atoms with Crippen molar-refractivity contribution in [3.05, 3.63) is 53.5 Å². The standard InChI is InChI=1S/C24H26F3N3O2/c1-13-22(27)23(29-12-28-13)32-11-17-8-20(16-5-15(17)6-16)24(31)30-10-19(26)9-21(30)14-3-2-4-18(25)7-14/h2-4,7,12,15-17,19-21H,5-6,8-11H2,1H3. The van der Waals surface area contributed by atoms with E-state index in [1.54, 1.807) is 24.0 Å². The zero-order valence-electron chi connectivity index (χ0n) is 17.9. The minimum absolute atomic E-state index is 0.0409. The van der Waals surface area contributed by atoms with E-state index in [1.165, 1.54) is 18.5 Å². The number of ether oxygens (including phenoxy) is 1. The molecule has 32 heavy (non-hydrogen) atoms. The van der Waals surface area contributed by atoms with Gasteiger partial charge in [-0.05, 0) is 61.6 Å². The van der Waals surface area contributed by atoms with Gasteiger partial charge in [-0.2, -0.15) is 9.37 Å². The Bertz CT molecular complexity index is 1010. The van der Waals surface area contributed by atoms with Crippen molar-refractivity contribution < 1.29 is 22.7 Å². The van der Waals surface area contributed by atoms with Crippen molar-refractivity contribution in [3.8, 4) is 5.88 Å². The van der Waals surface area contributed by atoms with Crippen molar-refractivity contribution in [1.82, 2.24) is 14.9 Å². The van der Waals surface area contributed by atoms with Crippen molar-refractivity contribution in [2.75, 3.05) is 13.2 Å². The highest BCUT2D eigenvalue weighted by atomic mass is 19.1. The molecule has 1 aromatic heterocycles. The van der Waals surface area contributed by atoms with Gasteiger partial charge in [0.05, 0.1) is 24.9 Å². The predicted octanol–water partition coefficient (Wildman–Crippen LogP) is 4.42. The highest BCUT2D eigenvalue weighted by Gasteiger charge is 2.51. The molecular weight excluding hydrogens is 419 g/mol. The number of halogens is 3. The van der Waals surface area contributed by atoms with Gasteiger partial charge in [0, 0.05) is 12.3 Å². The predicted molar refractivity (Wildman–Crippen MR) is 110 cm³/mol. The van der Waals surface area contributed by atoms with Gasteiger partial charge in [0.2, 0.25) is 11.7 Å². The Morgan fingerprint density at radius 2 is 1.97 bits per heavy atom. The molecule has 2 heterocycles. The van der Waals surface area contributed by atoms with Crippen molar-refractivity contribution in [2.45, 2.75) is 44.8 Å². The highest BCUT2D eigenvalue weighted by molar-refractivity contribution is 5.80. The number of hydrogen-bond acceptors (Lipinski definition) is 4. The summed E-state index contributed by atoms with van der Waals surface area (Å²) < 4.78 is 47.9. The average Bonchev–Trinajstić information content (AvgIpc) is 3.15. The van der Waals surface area contributed by atoms with Crippen LogP contribution in [0.5, 0.6) is 5.88 Å². The normalized spacial score (nSPS) is 31.3. The van der Waals surface area contributed by atoms with Gasteiger partial charge < -0.3 is 9.64 Å². The molecule has 2 aromatic rings. The van der Waals surface area contributed by atoms with Crippen molar-refractivity contribution in [1.29, 1.82) is 0 Å². The van der Waals surface area contributed by atoms with Crippen LogP contribution < -0.4 is 4.74 Å². The minimum Gasteiger partial charge on any atom is -0.475 e. The van der Waals surface area contributed by atoms with E-state index in [0.717, 1.165) is 12.8 Å². The van der Waals surface area contributed by atoms with Crippen LogP contribution >= 0.6 is 0 Å². The molecule has 1 saturated heterocycles. The van der Waals surface area contributed by atoms with E-state index in [9.17, 15) is 18.0 Å². The maximum Gasteiger partial charge on any atom is 0.253 e. The number of amides is 1. The number of benzene rings is 1. The van der Waals surface area contributed by atoms with E-state index in [2.05, 4.69) is 9.97 Å². The van der Waals surface area contributed by atoms with Crippen LogP contribution in [0.25, 0.3) is 0 Å². The van der Waals surface area contributed by atoms with Crippen LogP contribution in [0.3, 0.4) is 0 Å². The third-order valence-electron chi connectivity index (χ3n) is 7.45. The molecule has 8 heteroatoms. The second-order valence-electron chi connectivity index (χ2n) is 9.38. The second-order valence-corrected chi connectivity index (χ2v) is 9.38. The topological polar surface area (TPSA) is 55.3 Å². The lowest BCUT2D eigenvalue weighted by Gasteiger charge is -2.51. The van der Waals surface area contributed by atoms with Crippen molar-refractivity contribution >= 4 is 5.91 Å². The van der Waals surface area contributed by atoms with Gasteiger partial charge in [0.15, 0.2) is 0 Å². The first-order chi connectivity index (χ1) is 15.4. The number of aromatic nitrogens is 2. The molecule has 0 radical (unpaired) electrons. The minimum atomic E-state index is -1.12. The van der Waals surface area contributed by atoms with E-state index in [4.69, 9.17) is 4.74 Å². The number of hydrogen-bond donors (Lipinski definition) is 0. The molecule has 0 spiro atoms. The number of fused-ring (bicyclic) bond motifs is 2. The lowest BCUT2D eigenvalue weighted by molar-refractivity contribution is -0.147. The maximum absolute atomic E-state index is 14.3. The lowest BCUT2D eigenvalue weighted by atomic mass is 9.55. The zero-order chi connectivity index (χ0) is 22.4. The first-order valence-electron chi connectivity index (χ1n) is 11.2. The van der Waals surface area contributed by atoms with Crippen LogP contribution in [-0.2, 0) is 4.79 Å². The van der Waals surface area contributed by atoms with Gasteiger partial charge >= 0.3 is 0 Å². The van der Waals surface area contributed by atoms with Gasteiger partial charge in [-0.25, -0.2) is 13.8 Å². The molecule has 3 aliphatic carbocycles. The first-order valence-corrected chi connectivity index (χ1v) is 11.2. The summed E-state index contributed by atoms with van der Waals surface area (Å²) in [5, 5.41) is 0. The van der Waals surface area contributed by atoms with Crippen LogP contribution in [-0.4, -0.2) is 40.1 Å².